The lowest BCUT2D eigenvalue weighted by atomic mass is 10.0. The molecule has 1 aliphatic heterocycles. The first-order valence-corrected chi connectivity index (χ1v) is 9.55. The first kappa shape index (κ1) is 15.9. The van der Waals surface area contributed by atoms with Gasteiger partial charge in [-0.1, -0.05) is 11.6 Å². The quantitative estimate of drug-likeness (QED) is 0.830. The molecule has 1 aliphatic rings. The third-order valence-corrected chi connectivity index (χ3v) is 6.43. The minimum absolute atomic E-state index is 0.213. The van der Waals surface area contributed by atoms with E-state index in [9.17, 15) is 8.42 Å². The van der Waals surface area contributed by atoms with Crippen LogP contribution >= 0.6 is 23.4 Å². The molecule has 4 nitrogen and oxygen atoms in total. The van der Waals surface area contributed by atoms with Crippen molar-refractivity contribution in [2.24, 2.45) is 5.92 Å². The first-order valence-electron chi connectivity index (χ1n) is 6.53. The number of hydrogen-bond donors (Lipinski definition) is 2. The van der Waals surface area contributed by atoms with E-state index in [1.54, 1.807) is 13.0 Å². The standard InChI is InChI=1S/C13H19ClN2O2S2/c1-9-6-11(14)12(15)7-13(9)20(17,18)16-8-10-2-4-19-5-3-10/h6-7,10,16H,2-5,8,15H2,1H3. The zero-order chi connectivity index (χ0) is 14.8. The summed E-state index contributed by atoms with van der Waals surface area (Å²) in [5, 5.41) is 0.380. The average molecular weight is 335 g/mol. The van der Waals surface area contributed by atoms with Crippen molar-refractivity contribution in [2.75, 3.05) is 23.8 Å². The summed E-state index contributed by atoms with van der Waals surface area (Å²) in [6, 6.07) is 3.01. The van der Waals surface area contributed by atoms with Crippen molar-refractivity contribution in [1.82, 2.24) is 4.72 Å². The van der Waals surface area contributed by atoms with E-state index in [1.165, 1.54) is 6.07 Å². The summed E-state index contributed by atoms with van der Waals surface area (Å²) in [4.78, 5) is 0.213. The Kier molecular flexibility index (Phi) is 5.23. The largest absolute Gasteiger partial charge is 0.397 e. The number of benzene rings is 1. The Morgan fingerprint density at radius 3 is 2.70 bits per heavy atom. The molecule has 0 unspecified atom stereocenters. The Morgan fingerprint density at radius 2 is 2.05 bits per heavy atom. The normalized spacial score (nSPS) is 17.3. The van der Waals surface area contributed by atoms with E-state index >= 15 is 0 Å². The van der Waals surface area contributed by atoms with Gasteiger partial charge in [-0.3, -0.25) is 0 Å². The highest BCUT2D eigenvalue weighted by Crippen LogP contribution is 2.27. The molecule has 0 aliphatic carbocycles. The van der Waals surface area contributed by atoms with Crippen LogP contribution in [0.2, 0.25) is 5.02 Å². The topological polar surface area (TPSA) is 72.2 Å². The average Bonchev–Trinajstić information content (AvgIpc) is 2.42. The van der Waals surface area contributed by atoms with Gasteiger partial charge in [0, 0.05) is 6.54 Å². The molecule has 3 N–H and O–H groups in total. The number of nitrogen functional groups attached to an aromatic ring is 1. The van der Waals surface area contributed by atoms with Crippen molar-refractivity contribution < 1.29 is 8.42 Å². The van der Waals surface area contributed by atoms with Crippen LogP contribution < -0.4 is 10.5 Å². The van der Waals surface area contributed by atoms with Gasteiger partial charge in [-0.25, -0.2) is 13.1 Å². The summed E-state index contributed by atoms with van der Waals surface area (Å²) in [5.74, 6) is 2.65. The van der Waals surface area contributed by atoms with Crippen LogP contribution in [0.15, 0.2) is 17.0 Å². The highest BCUT2D eigenvalue weighted by molar-refractivity contribution is 7.99. The second-order valence-corrected chi connectivity index (χ2v) is 8.41. The molecule has 1 aromatic carbocycles. The second-order valence-electron chi connectivity index (χ2n) is 5.05. The fraction of sp³-hybridized carbons (Fsp3) is 0.538. The number of halogens is 1. The number of sulfonamides is 1. The van der Waals surface area contributed by atoms with E-state index in [-0.39, 0.29) is 10.6 Å². The van der Waals surface area contributed by atoms with Gasteiger partial charge < -0.3 is 5.73 Å². The number of nitrogens with two attached hydrogens (primary N) is 1. The minimum atomic E-state index is -3.53. The van der Waals surface area contributed by atoms with E-state index in [1.807, 2.05) is 11.8 Å². The van der Waals surface area contributed by atoms with Crippen LogP contribution in [-0.4, -0.2) is 26.5 Å². The van der Waals surface area contributed by atoms with Gasteiger partial charge >= 0.3 is 0 Å². The maximum absolute atomic E-state index is 12.3. The summed E-state index contributed by atoms with van der Waals surface area (Å²) in [7, 11) is -3.53. The monoisotopic (exact) mass is 334 g/mol. The van der Waals surface area contributed by atoms with E-state index in [0.717, 1.165) is 24.3 Å². The lowest BCUT2D eigenvalue weighted by Crippen LogP contribution is -2.31. The smallest absolute Gasteiger partial charge is 0.240 e. The summed E-state index contributed by atoms with van der Waals surface area (Å²) in [5.41, 5.74) is 6.59. The van der Waals surface area contributed by atoms with Crippen molar-refractivity contribution in [1.29, 1.82) is 0 Å². The van der Waals surface area contributed by atoms with Crippen LogP contribution in [0.25, 0.3) is 0 Å². The van der Waals surface area contributed by atoms with Crippen molar-refractivity contribution in [3.63, 3.8) is 0 Å². The van der Waals surface area contributed by atoms with Crippen LogP contribution in [0.3, 0.4) is 0 Å². The molecule has 1 aromatic rings. The highest BCUT2D eigenvalue weighted by Gasteiger charge is 2.21. The second kappa shape index (κ2) is 6.56. The Morgan fingerprint density at radius 1 is 1.40 bits per heavy atom. The van der Waals surface area contributed by atoms with E-state index < -0.39 is 10.0 Å². The summed E-state index contributed by atoms with van der Waals surface area (Å²) >= 11 is 7.82. The van der Waals surface area contributed by atoms with Gasteiger partial charge in [0.1, 0.15) is 0 Å². The molecule has 1 heterocycles. The number of aryl methyl sites for hydroxylation is 1. The van der Waals surface area contributed by atoms with Gasteiger partial charge in [-0.15, -0.1) is 0 Å². The predicted molar refractivity (Wildman–Crippen MR) is 85.8 cm³/mol. The summed E-state index contributed by atoms with van der Waals surface area (Å²) < 4.78 is 27.4. The van der Waals surface area contributed by atoms with Crippen molar-refractivity contribution in [2.45, 2.75) is 24.7 Å². The van der Waals surface area contributed by atoms with Gasteiger partial charge in [0.25, 0.3) is 0 Å². The Balaban J connectivity index is 2.11. The molecule has 2 rings (SSSR count). The summed E-state index contributed by atoms with van der Waals surface area (Å²) in [6.45, 7) is 2.21. The van der Waals surface area contributed by atoms with Crippen LogP contribution in [0, 0.1) is 12.8 Å². The predicted octanol–water partition coefficient (Wildman–Crippen LogP) is 2.65. The third-order valence-electron chi connectivity index (χ3n) is 3.49. The zero-order valence-corrected chi connectivity index (χ0v) is 13.7. The maximum atomic E-state index is 12.3. The van der Waals surface area contributed by atoms with E-state index in [4.69, 9.17) is 17.3 Å². The number of hydrogen-bond acceptors (Lipinski definition) is 4. The van der Waals surface area contributed by atoms with E-state index in [0.29, 0.717) is 23.0 Å². The molecule has 0 radical (unpaired) electrons. The van der Waals surface area contributed by atoms with Crippen LogP contribution in [0.4, 0.5) is 5.69 Å². The number of nitrogens with one attached hydrogen (secondary N) is 1. The zero-order valence-electron chi connectivity index (χ0n) is 11.4. The molecule has 0 atom stereocenters. The van der Waals surface area contributed by atoms with Crippen molar-refractivity contribution in [3.8, 4) is 0 Å². The van der Waals surface area contributed by atoms with Crippen molar-refractivity contribution >= 4 is 39.1 Å². The number of rotatable bonds is 4. The number of thioether (sulfide) groups is 1. The molecule has 0 bridgehead atoms. The lowest BCUT2D eigenvalue weighted by Gasteiger charge is -2.21. The molecule has 112 valence electrons. The SMILES string of the molecule is Cc1cc(Cl)c(N)cc1S(=O)(=O)NCC1CCSCC1. The highest BCUT2D eigenvalue weighted by atomic mass is 35.5. The Labute approximate surface area is 129 Å². The van der Waals surface area contributed by atoms with Gasteiger partial charge in [-0.2, -0.15) is 11.8 Å². The van der Waals surface area contributed by atoms with E-state index in [2.05, 4.69) is 4.72 Å². The van der Waals surface area contributed by atoms with Crippen LogP contribution in [-0.2, 0) is 10.0 Å². The van der Waals surface area contributed by atoms with Crippen molar-refractivity contribution in [3.05, 3.63) is 22.7 Å². The van der Waals surface area contributed by atoms with Crippen LogP contribution in [0.1, 0.15) is 18.4 Å². The van der Waals surface area contributed by atoms with Gasteiger partial charge in [0.15, 0.2) is 0 Å². The molecule has 20 heavy (non-hydrogen) atoms. The number of anilines is 1. The maximum Gasteiger partial charge on any atom is 0.240 e. The summed E-state index contributed by atoms with van der Waals surface area (Å²) in [6.07, 6.45) is 2.13. The fourth-order valence-electron chi connectivity index (χ4n) is 2.21. The molecule has 0 aromatic heterocycles. The lowest BCUT2D eigenvalue weighted by molar-refractivity contribution is 0.476. The molecule has 1 saturated heterocycles. The Bertz CT molecular complexity index is 584. The van der Waals surface area contributed by atoms with Gasteiger partial charge in [-0.05, 0) is 54.9 Å². The first-order chi connectivity index (χ1) is 9.40. The molecular weight excluding hydrogens is 316 g/mol. The molecule has 0 spiro atoms. The van der Waals surface area contributed by atoms with Gasteiger partial charge in [0.2, 0.25) is 10.0 Å². The molecule has 0 saturated carbocycles. The fourth-order valence-corrected chi connectivity index (χ4v) is 5.01. The van der Waals surface area contributed by atoms with Crippen LogP contribution in [0.5, 0.6) is 0 Å². The molecular formula is C13H19ClN2O2S2. The molecule has 1 fully saturated rings. The minimum Gasteiger partial charge on any atom is -0.397 e. The molecule has 7 heteroatoms. The third kappa shape index (κ3) is 3.81. The Hall–Kier alpha value is -0.430. The van der Waals surface area contributed by atoms with Gasteiger partial charge in [0.05, 0.1) is 15.6 Å². The molecule has 0 amide bonds.